The van der Waals surface area contributed by atoms with Crippen LogP contribution in [0.5, 0.6) is 0 Å². The minimum Gasteiger partial charge on any atom is -1.00 e. The Kier molecular flexibility index (Phi) is 6.97. The molecule has 11 heavy (non-hydrogen) atoms. The summed E-state index contributed by atoms with van der Waals surface area (Å²) in [6.07, 6.45) is 0. The zero-order valence-electron chi connectivity index (χ0n) is 5.50. The molecule has 1 rings (SSSR count). The highest BCUT2D eigenvalue weighted by atomic mass is 35.5. The molecule has 0 unspecified atom stereocenters. The summed E-state index contributed by atoms with van der Waals surface area (Å²) in [4.78, 5) is 3.34. The van der Waals surface area contributed by atoms with Gasteiger partial charge in [-0.05, 0) is 17.0 Å². The van der Waals surface area contributed by atoms with Crippen LogP contribution in [0.15, 0.2) is 24.3 Å². The zero-order chi connectivity index (χ0) is 6.69. The second kappa shape index (κ2) is 5.96. The molecule has 60 valence electrons. The third kappa shape index (κ3) is 3.82. The van der Waals surface area contributed by atoms with Gasteiger partial charge in [0, 0.05) is 12.1 Å². The molecule has 0 fully saturated rings. The van der Waals surface area contributed by atoms with Gasteiger partial charge in [0.1, 0.15) is 5.82 Å². The van der Waals surface area contributed by atoms with E-state index in [0.717, 1.165) is 0 Å². The molecule has 0 N–H and O–H groups in total. The SMILES string of the molecule is C#[N+]c1ccc(F)cc1.Cl.[Cl-]. The Morgan fingerprint density at radius 1 is 1.18 bits per heavy atom. The summed E-state index contributed by atoms with van der Waals surface area (Å²) in [5, 5.41) is 0. The van der Waals surface area contributed by atoms with Crippen molar-refractivity contribution in [3.63, 3.8) is 0 Å². The minimum atomic E-state index is -0.276. The fraction of sp³-hybridized carbons (Fsp3) is 0. The number of hydrogen-bond donors (Lipinski definition) is 0. The van der Waals surface area contributed by atoms with E-state index < -0.39 is 0 Å². The lowest BCUT2D eigenvalue weighted by Gasteiger charge is -1.78. The van der Waals surface area contributed by atoms with Crippen LogP contribution in [0.2, 0.25) is 0 Å². The molecule has 0 atom stereocenters. The maximum Gasteiger partial charge on any atom is 0.340 e. The van der Waals surface area contributed by atoms with Gasteiger partial charge in [0.15, 0.2) is 0 Å². The average Bonchev–Trinajstić information content (AvgIpc) is 1.90. The van der Waals surface area contributed by atoms with Crippen LogP contribution in [0.3, 0.4) is 0 Å². The van der Waals surface area contributed by atoms with Gasteiger partial charge < -0.3 is 12.4 Å². The number of halogens is 3. The fourth-order valence-electron chi connectivity index (χ4n) is 0.527. The molecule has 0 aliphatic rings. The highest BCUT2D eigenvalue weighted by Gasteiger charge is 1.96. The van der Waals surface area contributed by atoms with E-state index in [4.69, 9.17) is 6.57 Å². The summed E-state index contributed by atoms with van der Waals surface area (Å²) in [7, 11) is 0. The first-order chi connectivity index (χ1) is 4.33. The molecule has 1 aromatic carbocycles. The van der Waals surface area contributed by atoms with Crippen LogP contribution in [0, 0.1) is 12.4 Å². The van der Waals surface area contributed by atoms with Crippen molar-refractivity contribution in [2.24, 2.45) is 0 Å². The number of nitrogens with zero attached hydrogens (tertiary/aromatic N) is 1. The molecule has 0 aromatic heterocycles. The summed E-state index contributed by atoms with van der Waals surface area (Å²) in [5.41, 5.74) is 0.580. The van der Waals surface area contributed by atoms with Gasteiger partial charge in [-0.15, -0.1) is 12.4 Å². The number of rotatable bonds is 0. The highest BCUT2D eigenvalue weighted by Crippen LogP contribution is 2.10. The molecule has 0 aliphatic heterocycles. The van der Waals surface area contributed by atoms with E-state index in [2.05, 4.69) is 4.85 Å². The quantitative estimate of drug-likeness (QED) is 0.540. The summed E-state index contributed by atoms with van der Waals surface area (Å²) < 4.78 is 12.1. The average molecular weight is 194 g/mol. The highest BCUT2D eigenvalue weighted by molar-refractivity contribution is 5.85. The van der Waals surface area contributed by atoms with Gasteiger partial charge in [-0.2, -0.15) is 0 Å². The largest absolute Gasteiger partial charge is 1.00 e. The molecule has 0 bridgehead atoms. The van der Waals surface area contributed by atoms with E-state index in [0.29, 0.717) is 5.69 Å². The van der Waals surface area contributed by atoms with Gasteiger partial charge >= 0.3 is 5.69 Å². The topological polar surface area (TPSA) is 4.36 Å². The van der Waals surface area contributed by atoms with Gasteiger partial charge in [-0.25, -0.2) is 4.39 Å². The van der Waals surface area contributed by atoms with Crippen molar-refractivity contribution in [1.29, 1.82) is 0 Å². The van der Waals surface area contributed by atoms with Crippen molar-refractivity contribution in [1.82, 2.24) is 0 Å². The monoisotopic (exact) mass is 193 g/mol. The molecule has 0 amide bonds. The van der Waals surface area contributed by atoms with Crippen LogP contribution in [0.1, 0.15) is 0 Å². The van der Waals surface area contributed by atoms with Crippen molar-refractivity contribution in [3.8, 4) is 6.57 Å². The van der Waals surface area contributed by atoms with Gasteiger partial charge in [0.25, 0.3) is 6.57 Å². The zero-order valence-corrected chi connectivity index (χ0v) is 7.07. The molecule has 0 saturated heterocycles. The van der Waals surface area contributed by atoms with Gasteiger partial charge in [0.2, 0.25) is 0 Å². The first kappa shape index (κ1) is 12.9. The first-order valence-corrected chi connectivity index (χ1v) is 2.49. The Morgan fingerprint density at radius 2 is 1.64 bits per heavy atom. The van der Waals surface area contributed by atoms with Crippen LogP contribution in [-0.2, 0) is 0 Å². The second-order valence-electron chi connectivity index (χ2n) is 1.61. The first-order valence-electron chi connectivity index (χ1n) is 2.49. The van der Waals surface area contributed by atoms with E-state index in [-0.39, 0.29) is 30.6 Å². The normalized spacial score (nSPS) is 6.91. The second-order valence-corrected chi connectivity index (χ2v) is 1.61. The van der Waals surface area contributed by atoms with Crippen LogP contribution in [0.25, 0.3) is 4.85 Å². The number of benzene rings is 1. The standard InChI is InChI=1S/C7H5FN.2ClH/c1-9-7-4-2-6(8)3-5-7;;/h1-5H;2*1H/q+1;;/p-1. The molecule has 0 radical (unpaired) electrons. The minimum absolute atomic E-state index is 0. The summed E-state index contributed by atoms with van der Waals surface area (Å²) >= 11 is 0. The Bertz CT molecular complexity index is 240. The lowest BCUT2D eigenvalue weighted by molar-refractivity contribution is -0.00000259. The van der Waals surface area contributed by atoms with Crippen LogP contribution < -0.4 is 12.4 Å². The molecule has 4 heteroatoms. The molecular formula is C7H6Cl2FN. The van der Waals surface area contributed by atoms with Crippen molar-refractivity contribution in [3.05, 3.63) is 34.9 Å². The van der Waals surface area contributed by atoms with E-state index in [1.807, 2.05) is 0 Å². The Labute approximate surface area is 76.9 Å². The van der Waals surface area contributed by atoms with E-state index in [9.17, 15) is 4.39 Å². The molecule has 0 heterocycles. The maximum atomic E-state index is 12.1. The van der Waals surface area contributed by atoms with Gasteiger partial charge in [-0.1, -0.05) is 0 Å². The molecule has 0 aliphatic carbocycles. The van der Waals surface area contributed by atoms with Gasteiger partial charge in [-0.3, -0.25) is 0 Å². The van der Waals surface area contributed by atoms with Crippen molar-refractivity contribution in [2.75, 3.05) is 0 Å². The fourth-order valence-corrected chi connectivity index (χ4v) is 0.527. The molecular weight excluding hydrogens is 188 g/mol. The van der Waals surface area contributed by atoms with Crippen molar-refractivity contribution < 1.29 is 16.8 Å². The van der Waals surface area contributed by atoms with E-state index >= 15 is 0 Å². The maximum absolute atomic E-state index is 12.1. The predicted molar refractivity (Wildman–Crippen MR) is 41.6 cm³/mol. The predicted octanol–water partition coefficient (Wildman–Crippen LogP) is -0.154. The smallest absolute Gasteiger partial charge is 0.340 e. The van der Waals surface area contributed by atoms with Crippen molar-refractivity contribution >= 4 is 18.1 Å². The van der Waals surface area contributed by atoms with Crippen LogP contribution in [-0.4, -0.2) is 0 Å². The third-order valence-corrected chi connectivity index (χ3v) is 0.976. The molecule has 1 nitrogen and oxygen atoms in total. The Balaban J connectivity index is 0. The molecule has 1 aromatic rings. The Morgan fingerprint density at radius 3 is 2.00 bits per heavy atom. The van der Waals surface area contributed by atoms with Crippen LogP contribution in [0.4, 0.5) is 10.1 Å². The molecule has 0 spiro atoms. The summed E-state index contributed by atoms with van der Waals surface area (Å²) in [6, 6.07) is 5.64. The summed E-state index contributed by atoms with van der Waals surface area (Å²) in [5.74, 6) is -0.276. The molecule has 0 saturated carbocycles. The van der Waals surface area contributed by atoms with E-state index in [1.54, 1.807) is 0 Å². The summed E-state index contributed by atoms with van der Waals surface area (Å²) in [6.45, 7) is 4.90. The lowest BCUT2D eigenvalue weighted by Crippen LogP contribution is -3.00. The third-order valence-electron chi connectivity index (χ3n) is 0.976. The van der Waals surface area contributed by atoms with Gasteiger partial charge in [0.05, 0.1) is 0 Å². The Hall–Kier alpha value is -0.780. The lowest BCUT2D eigenvalue weighted by atomic mass is 10.3. The number of hydrogen-bond acceptors (Lipinski definition) is 0. The van der Waals surface area contributed by atoms with Crippen LogP contribution >= 0.6 is 12.4 Å². The van der Waals surface area contributed by atoms with E-state index in [1.165, 1.54) is 24.3 Å². The van der Waals surface area contributed by atoms with Crippen molar-refractivity contribution in [2.45, 2.75) is 0 Å².